The molecule has 1 saturated carbocycles. The highest BCUT2D eigenvalue weighted by molar-refractivity contribution is 9.10. The first-order chi connectivity index (χ1) is 11.0. The molecule has 1 fully saturated rings. The van der Waals surface area contributed by atoms with Crippen LogP contribution in [0.25, 0.3) is 0 Å². The largest absolute Gasteiger partial charge is 0.496 e. The molecule has 23 heavy (non-hydrogen) atoms. The second kappa shape index (κ2) is 6.59. The lowest BCUT2D eigenvalue weighted by atomic mass is 10.3. The number of sulfonamides is 1. The maximum absolute atomic E-state index is 13.0. The van der Waals surface area contributed by atoms with E-state index < -0.39 is 10.0 Å². The Labute approximate surface area is 144 Å². The molecule has 7 heteroatoms. The first kappa shape index (κ1) is 16.4. The molecule has 1 aliphatic rings. The molecule has 122 valence electrons. The number of nitrogens with zero attached hydrogens (tertiary/aromatic N) is 2. The SMILES string of the molecule is COc1ccc(S(=O)(=O)N(Cc2cccnc2)C2CC2)cc1Br. The second-order valence-corrected chi connectivity index (χ2v) is 8.18. The van der Waals surface area contributed by atoms with E-state index in [0.29, 0.717) is 16.8 Å². The molecule has 0 amide bonds. The predicted molar refractivity (Wildman–Crippen MR) is 90.7 cm³/mol. The normalized spacial score (nSPS) is 14.9. The predicted octanol–water partition coefficient (Wildman–Crippen LogP) is 3.21. The molecule has 5 nitrogen and oxygen atoms in total. The molecule has 0 radical (unpaired) electrons. The summed E-state index contributed by atoms with van der Waals surface area (Å²) in [5.41, 5.74) is 0.885. The van der Waals surface area contributed by atoms with Crippen LogP contribution in [-0.4, -0.2) is 30.9 Å². The first-order valence-electron chi connectivity index (χ1n) is 7.26. The quantitative estimate of drug-likeness (QED) is 0.751. The van der Waals surface area contributed by atoms with Crippen molar-refractivity contribution in [2.24, 2.45) is 0 Å². The van der Waals surface area contributed by atoms with Crippen LogP contribution in [-0.2, 0) is 16.6 Å². The van der Waals surface area contributed by atoms with Gasteiger partial charge in [-0.25, -0.2) is 8.42 Å². The Bertz CT molecular complexity index is 792. The standard InChI is InChI=1S/C16H17BrN2O3S/c1-22-16-7-6-14(9-15(16)17)23(20,21)19(13-4-5-13)11-12-3-2-8-18-10-12/h2-3,6-10,13H,4-5,11H2,1H3. The van der Waals surface area contributed by atoms with Crippen LogP contribution in [0.15, 0.2) is 52.1 Å². The summed E-state index contributed by atoms with van der Waals surface area (Å²) in [6, 6.07) is 8.61. The molecule has 0 aliphatic heterocycles. The van der Waals surface area contributed by atoms with Crippen LogP contribution in [0.2, 0.25) is 0 Å². The molecule has 1 aromatic carbocycles. The fourth-order valence-corrected chi connectivity index (χ4v) is 4.78. The van der Waals surface area contributed by atoms with Gasteiger partial charge < -0.3 is 4.74 Å². The van der Waals surface area contributed by atoms with Gasteiger partial charge in [-0.05, 0) is 58.6 Å². The summed E-state index contributed by atoms with van der Waals surface area (Å²) in [6.45, 7) is 0.338. The molecule has 0 unspecified atom stereocenters. The molecule has 1 aliphatic carbocycles. The minimum absolute atomic E-state index is 0.0704. The average Bonchev–Trinajstić information content (AvgIpc) is 3.38. The van der Waals surface area contributed by atoms with Crippen LogP contribution in [0.5, 0.6) is 5.75 Å². The van der Waals surface area contributed by atoms with Crippen molar-refractivity contribution in [2.45, 2.75) is 30.3 Å². The van der Waals surface area contributed by atoms with Crippen molar-refractivity contribution in [1.29, 1.82) is 0 Å². The number of hydrogen-bond donors (Lipinski definition) is 0. The summed E-state index contributed by atoms with van der Waals surface area (Å²) in [5.74, 6) is 0.606. The molecule has 3 rings (SSSR count). The molecule has 2 aromatic rings. The Kier molecular flexibility index (Phi) is 4.70. The van der Waals surface area contributed by atoms with Gasteiger partial charge in [-0.1, -0.05) is 6.07 Å². The van der Waals surface area contributed by atoms with E-state index >= 15 is 0 Å². The third kappa shape index (κ3) is 3.57. The maximum atomic E-state index is 13.0. The molecule has 1 heterocycles. The highest BCUT2D eigenvalue weighted by Gasteiger charge is 2.38. The van der Waals surface area contributed by atoms with Crippen LogP contribution in [0.4, 0.5) is 0 Å². The topological polar surface area (TPSA) is 59.5 Å². The molecule has 1 aromatic heterocycles. The molecule has 0 atom stereocenters. The Morgan fingerprint density at radius 2 is 2.13 bits per heavy atom. The molecule has 0 spiro atoms. The number of methoxy groups -OCH3 is 1. The van der Waals surface area contributed by atoms with Crippen LogP contribution in [0, 0.1) is 0 Å². The van der Waals surface area contributed by atoms with E-state index in [2.05, 4.69) is 20.9 Å². The van der Waals surface area contributed by atoms with Crippen molar-refractivity contribution in [2.75, 3.05) is 7.11 Å². The maximum Gasteiger partial charge on any atom is 0.243 e. The number of pyridine rings is 1. The van der Waals surface area contributed by atoms with Gasteiger partial charge in [-0.2, -0.15) is 4.31 Å². The van der Waals surface area contributed by atoms with E-state index in [4.69, 9.17) is 4.74 Å². The van der Waals surface area contributed by atoms with Gasteiger partial charge in [-0.15, -0.1) is 0 Å². The van der Waals surface area contributed by atoms with Gasteiger partial charge in [0.2, 0.25) is 10.0 Å². The van der Waals surface area contributed by atoms with Gasteiger partial charge in [-0.3, -0.25) is 4.98 Å². The zero-order valence-electron chi connectivity index (χ0n) is 12.6. The van der Waals surface area contributed by atoms with Gasteiger partial charge in [0.1, 0.15) is 5.75 Å². The summed E-state index contributed by atoms with van der Waals surface area (Å²) in [6.07, 6.45) is 5.18. The first-order valence-corrected chi connectivity index (χ1v) is 9.50. The smallest absolute Gasteiger partial charge is 0.243 e. The Morgan fingerprint density at radius 3 is 2.70 bits per heavy atom. The Balaban J connectivity index is 1.93. The van der Waals surface area contributed by atoms with Crippen molar-refractivity contribution >= 4 is 26.0 Å². The lowest BCUT2D eigenvalue weighted by Gasteiger charge is -2.22. The van der Waals surface area contributed by atoms with Crippen LogP contribution >= 0.6 is 15.9 Å². The summed E-state index contributed by atoms with van der Waals surface area (Å²) in [5, 5.41) is 0. The van der Waals surface area contributed by atoms with E-state index in [1.165, 1.54) is 0 Å². The Hall–Kier alpha value is -1.44. The van der Waals surface area contributed by atoms with Crippen molar-refractivity contribution in [1.82, 2.24) is 9.29 Å². The van der Waals surface area contributed by atoms with Crippen LogP contribution < -0.4 is 4.74 Å². The highest BCUT2D eigenvalue weighted by atomic mass is 79.9. The summed E-state index contributed by atoms with van der Waals surface area (Å²) >= 11 is 3.35. The van der Waals surface area contributed by atoms with Gasteiger partial charge >= 0.3 is 0 Å². The monoisotopic (exact) mass is 396 g/mol. The lowest BCUT2D eigenvalue weighted by Crippen LogP contribution is -2.32. The minimum Gasteiger partial charge on any atom is -0.496 e. The van der Waals surface area contributed by atoms with E-state index in [1.807, 2.05) is 12.1 Å². The number of ether oxygens (including phenoxy) is 1. The molecule has 0 bridgehead atoms. The van der Waals surface area contributed by atoms with Crippen molar-refractivity contribution in [3.8, 4) is 5.75 Å². The van der Waals surface area contributed by atoms with Crippen LogP contribution in [0.3, 0.4) is 0 Å². The lowest BCUT2D eigenvalue weighted by molar-refractivity contribution is 0.397. The highest BCUT2D eigenvalue weighted by Crippen LogP contribution is 2.35. The van der Waals surface area contributed by atoms with Gasteiger partial charge in [0, 0.05) is 25.0 Å². The molecule has 0 saturated heterocycles. The van der Waals surface area contributed by atoms with Crippen molar-refractivity contribution < 1.29 is 13.2 Å². The van der Waals surface area contributed by atoms with E-state index in [0.717, 1.165) is 18.4 Å². The number of halogens is 1. The minimum atomic E-state index is -3.56. The van der Waals surface area contributed by atoms with E-state index in [-0.39, 0.29) is 10.9 Å². The Morgan fingerprint density at radius 1 is 1.35 bits per heavy atom. The third-order valence-electron chi connectivity index (χ3n) is 3.75. The average molecular weight is 397 g/mol. The fourth-order valence-electron chi connectivity index (χ4n) is 2.39. The zero-order chi connectivity index (χ0) is 16.4. The van der Waals surface area contributed by atoms with Crippen LogP contribution in [0.1, 0.15) is 18.4 Å². The number of benzene rings is 1. The summed E-state index contributed by atoms with van der Waals surface area (Å²) < 4.78 is 33.4. The number of rotatable bonds is 6. The van der Waals surface area contributed by atoms with Crippen molar-refractivity contribution in [3.63, 3.8) is 0 Å². The van der Waals surface area contributed by atoms with Gasteiger partial charge in [0.15, 0.2) is 0 Å². The molecule has 0 N–H and O–H groups in total. The van der Waals surface area contributed by atoms with E-state index in [1.54, 1.807) is 42.0 Å². The summed E-state index contributed by atoms with van der Waals surface area (Å²) in [7, 11) is -2.01. The van der Waals surface area contributed by atoms with Gasteiger partial charge in [0.25, 0.3) is 0 Å². The second-order valence-electron chi connectivity index (χ2n) is 5.44. The van der Waals surface area contributed by atoms with Gasteiger partial charge in [0.05, 0.1) is 16.5 Å². The summed E-state index contributed by atoms with van der Waals surface area (Å²) in [4.78, 5) is 4.33. The van der Waals surface area contributed by atoms with Crippen molar-refractivity contribution in [3.05, 3.63) is 52.8 Å². The third-order valence-corrected chi connectivity index (χ3v) is 6.26. The zero-order valence-corrected chi connectivity index (χ0v) is 15.0. The molecular weight excluding hydrogens is 380 g/mol. The number of aromatic nitrogens is 1. The number of hydrogen-bond acceptors (Lipinski definition) is 4. The molecular formula is C16H17BrN2O3S. The van der Waals surface area contributed by atoms with E-state index in [9.17, 15) is 8.42 Å². The fraction of sp³-hybridized carbons (Fsp3) is 0.312.